The second-order valence-electron chi connectivity index (χ2n) is 3.70. The lowest BCUT2D eigenvalue weighted by atomic mass is 10.1. The van der Waals surface area contributed by atoms with E-state index < -0.39 is 0 Å². The molecule has 1 aliphatic heterocycles. The number of benzene rings is 1. The van der Waals surface area contributed by atoms with E-state index in [1.165, 1.54) is 12.1 Å². The molecule has 82 valence electrons. The van der Waals surface area contributed by atoms with Gasteiger partial charge in [0.25, 0.3) is 0 Å². The Labute approximate surface area is 98.2 Å². The zero-order chi connectivity index (χ0) is 11.5. The summed E-state index contributed by atoms with van der Waals surface area (Å²) >= 11 is 1.62. The lowest BCUT2D eigenvalue weighted by Gasteiger charge is -2.05. The molecule has 2 nitrogen and oxygen atoms in total. The highest BCUT2D eigenvalue weighted by Crippen LogP contribution is 2.32. The minimum Gasteiger partial charge on any atom is -0.273 e. The third kappa shape index (κ3) is 2.25. The van der Waals surface area contributed by atoms with Crippen LogP contribution in [-0.2, 0) is 0 Å². The lowest BCUT2D eigenvalue weighted by molar-refractivity contribution is 0.626. The molecule has 0 amide bonds. The predicted octanol–water partition coefficient (Wildman–Crippen LogP) is 3.17. The van der Waals surface area contributed by atoms with Crippen LogP contribution in [0.15, 0.2) is 29.3 Å². The number of hydrogen-bond acceptors (Lipinski definition) is 3. The molecule has 2 rings (SSSR count). The number of thioether (sulfide) groups is 1. The quantitative estimate of drug-likeness (QED) is 0.788. The first-order chi connectivity index (χ1) is 7.70. The highest BCUT2D eigenvalue weighted by Gasteiger charge is 2.23. The van der Waals surface area contributed by atoms with Gasteiger partial charge in [0.1, 0.15) is 5.82 Å². The first kappa shape index (κ1) is 11.2. The Morgan fingerprint density at radius 3 is 2.81 bits per heavy atom. The van der Waals surface area contributed by atoms with E-state index in [-0.39, 0.29) is 17.8 Å². The summed E-state index contributed by atoms with van der Waals surface area (Å²) in [5, 5.41) is 9.68. The summed E-state index contributed by atoms with van der Waals surface area (Å²) in [5.41, 5.74) is 1.01. The van der Waals surface area contributed by atoms with E-state index >= 15 is 0 Å². The molecule has 16 heavy (non-hydrogen) atoms. The largest absolute Gasteiger partial charge is 0.273 e. The molecule has 1 aromatic carbocycles. The average molecular weight is 234 g/mol. The van der Waals surface area contributed by atoms with Crippen molar-refractivity contribution in [2.45, 2.75) is 13.0 Å². The van der Waals surface area contributed by atoms with E-state index in [0.717, 1.165) is 16.4 Å². The van der Waals surface area contributed by atoms with Gasteiger partial charge in [-0.25, -0.2) is 4.39 Å². The average Bonchev–Trinajstić information content (AvgIpc) is 2.78. The summed E-state index contributed by atoms with van der Waals surface area (Å²) in [6, 6.07) is 8.64. The Morgan fingerprint density at radius 1 is 1.50 bits per heavy atom. The third-order valence-corrected chi connectivity index (χ3v) is 3.73. The van der Waals surface area contributed by atoms with Crippen molar-refractivity contribution in [2.75, 3.05) is 5.75 Å². The fourth-order valence-electron chi connectivity index (χ4n) is 1.54. The summed E-state index contributed by atoms with van der Waals surface area (Å²) in [6.07, 6.45) is 0. The van der Waals surface area contributed by atoms with Crippen molar-refractivity contribution >= 4 is 16.8 Å². The molecule has 0 radical (unpaired) electrons. The molecule has 0 bridgehead atoms. The van der Waals surface area contributed by atoms with E-state index in [1.54, 1.807) is 23.9 Å². The van der Waals surface area contributed by atoms with Crippen LogP contribution in [0.2, 0.25) is 0 Å². The molecule has 0 fully saturated rings. The molecule has 2 unspecified atom stereocenters. The first-order valence-corrected chi connectivity index (χ1v) is 6.05. The van der Waals surface area contributed by atoms with Crippen LogP contribution in [0, 0.1) is 23.1 Å². The molecule has 0 aliphatic carbocycles. The highest BCUT2D eigenvalue weighted by molar-refractivity contribution is 8.14. The molecule has 1 aromatic rings. The number of rotatable bonds is 2. The van der Waals surface area contributed by atoms with Crippen LogP contribution in [0.3, 0.4) is 0 Å². The first-order valence-electron chi connectivity index (χ1n) is 5.06. The van der Waals surface area contributed by atoms with E-state index in [1.807, 2.05) is 6.92 Å². The van der Waals surface area contributed by atoms with Crippen molar-refractivity contribution in [3.63, 3.8) is 0 Å². The number of halogens is 1. The number of nitriles is 1. The maximum Gasteiger partial charge on any atom is 0.123 e. The van der Waals surface area contributed by atoms with E-state index in [0.29, 0.717) is 0 Å². The molecular formula is C12H11FN2S. The van der Waals surface area contributed by atoms with Gasteiger partial charge >= 0.3 is 0 Å². The van der Waals surface area contributed by atoms with Gasteiger partial charge in [-0.3, -0.25) is 4.99 Å². The lowest BCUT2D eigenvalue weighted by Crippen LogP contribution is -2.00. The van der Waals surface area contributed by atoms with Gasteiger partial charge in [0.15, 0.2) is 0 Å². The van der Waals surface area contributed by atoms with Crippen LogP contribution >= 0.6 is 11.8 Å². The normalized spacial score (nSPS) is 21.3. The fraction of sp³-hybridized carbons (Fsp3) is 0.333. The highest BCUT2D eigenvalue weighted by atomic mass is 32.2. The van der Waals surface area contributed by atoms with Crippen LogP contribution in [0.25, 0.3) is 0 Å². The molecule has 1 heterocycles. The maximum absolute atomic E-state index is 12.7. The van der Waals surface area contributed by atoms with Crippen molar-refractivity contribution < 1.29 is 4.39 Å². The van der Waals surface area contributed by atoms with Crippen LogP contribution in [0.1, 0.15) is 18.5 Å². The Hall–Kier alpha value is -1.34. The van der Waals surface area contributed by atoms with Gasteiger partial charge in [0.2, 0.25) is 0 Å². The second-order valence-corrected chi connectivity index (χ2v) is 4.74. The minimum absolute atomic E-state index is 0.0661. The molecule has 1 aliphatic rings. The predicted molar refractivity (Wildman–Crippen MR) is 63.8 cm³/mol. The fourth-order valence-corrected chi connectivity index (χ4v) is 2.64. The smallest absolute Gasteiger partial charge is 0.123 e. The molecule has 0 saturated heterocycles. The van der Waals surface area contributed by atoms with Crippen LogP contribution in [0.5, 0.6) is 0 Å². The van der Waals surface area contributed by atoms with E-state index in [4.69, 9.17) is 5.26 Å². The zero-order valence-corrected chi connectivity index (χ0v) is 9.67. The molecular weight excluding hydrogens is 223 g/mol. The molecule has 2 atom stereocenters. The van der Waals surface area contributed by atoms with Gasteiger partial charge < -0.3 is 0 Å². The SMILES string of the molecule is CC(C#N)C1=NC(c2ccc(F)cc2)CS1. The Morgan fingerprint density at radius 2 is 2.19 bits per heavy atom. The van der Waals surface area contributed by atoms with Crippen molar-refractivity contribution in [3.8, 4) is 6.07 Å². The summed E-state index contributed by atoms with van der Waals surface area (Å²) in [6.45, 7) is 1.85. The summed E-state index contributed by atoms with van der Waals surface area (Å²) in [5.74, 6) is 0.465. The summed E-state index contributed by atoms with van der Waals surface area (Å²) in [7, 11) is 0. The van der Waals surface area contributed by atoms with Gasteiger partial charge in [0.05, 0.1) is 23.1 Å². The van der Waals surface area contributed by atoms with Gasteiger partial charge in [-0.1, -0.05) is 12.1 Å². The Kier molecular flexibility index (Phi) is 3.25. The van der Waals surface area contributed by atoms with Gasteiger partial charge in [-0.15, -0.1) is 11.8 Å². The van der Waals surface area contributed by atoms with Crippen LogP contribution < -0.4 is 0 Å². The summed E-state index contributed by atoms with van der Waals surface area (Å²) < 4.78 is 12.7. The third-order valence-electron chi connectivity index (χ3n) is 2.49. The molecule has 4 heteroatoms. The van der Waals surface area contributed by atoms with E-state index in [2.05, 4.69) is 11.1 Å². The molecule has 0 saturated carbocycles. The number of aliphatic imine (C=N–C) groups is 1. The van der Waals surface area contributed by atoms with E-state index in [9.17, 15) is 4.39 Å². The van der Waals surface area contributed by atoms with Gasteiger partial charge in [-0.05, 0) is 24.6 Å². The Balaban J connectivity index is 2.17. The maximum atomic E-state index is 12.7. The van der Waals surface area contributed by atoms with Gasteiger partial charge in [0, 0.05) is 5.75 Å². The monoisotopic (exact) mass is 234 g/mol. The van der Waals surface area contributed by atoms with Crippen molar-refractivity contribution in [1.29, 1.82) is 5.26 Å². The molecule has 0 spiro atoms. The van der Waals surface area contributed by atoms with Crippen LogP contribution in [0.4, 0.5) is 4.39 Å². The van der Waals surface area contributed by atoms with Crippen molar-refractivity contribution in [1.82, 2.24) is 0 Å². The topological polar surface area (TPSA) is 36.1 Å². The van der Waals surface area contributed by atoms with Crippen LogP contribution in [-0.4, -0.2) is 10.8 Å². The number of hydrogen-bond donors (Lipinski definition) is 0. The minimum atomic E-state index is -0.232. The molecule has 0 aromatic heterocycles. The molecule has 0 N–H and O–H groups in total. The summed E-state index contributed by atoms with van der Waals surface area (Å²) in [4.78, 5) is 4.49. The second kappa shape index (κ2) is 4.67. The van der Waals surface area contributed by atoms with Crippen molar-refractivity contribution in [3.05, 3.63) is 35.6 Å². The zero-order valence-electron chi connectivity index (χ0n) is 8.85. The Bertz CT molecular complexity index is 447. The van der Waals surface area contributed by atoms with Crippen molar-refractivity contribution in [2.24, 2.45) is 10.9 Å². The van der Waals surface area contributed by atoms with Gasteiger partial charge in [-0.2, -0.15) is 5.26 Å². The standard InChI is InChI=1S/C12H11FN2S/c1-8(6-14)12-15-11(7-16-12)9-2-4-10(13)5-3-9/h2-5,8,11H,7H2,1H3. The number of nitrogens with zero attached hydrogens (tertiary/aromatic N) is 2.